The number of nitrogens with zero attached hydrogens (tertiary/aromatic N) is 3. The van der Waals surface area contributed by atoms with Gasteiger partial charge in [0.25, 0.3) is 5.91 Å². The van der Waals surface area contributed by atoms with Crippen molar-refractivity contribution in [3.63, 3.8) is 0 Å². The van der Waals surface area contributed by atoms with E-state index in [1.807, 2.05) is 80.6 Å². The number of ether oxygens (including phenoxy) is 2. The largest absolute Gasteiger partial charge is 0.495 e. The number of para-hydroxylation sites is 2. The SMILES string of the molecule is COc1ccccc1N1CCN(Cc2ccc(C(=O)N/N=C/c3ccc(OC(C)C)cc3)cc2)CC1. The van der Waals surface area contributed by atoms with Crippen molar-refractivity contribution < 1.29 is 14.3 Å². The summed E-state index contributed by atoms with van der Waals surface area (Å²) in [5.41, 5.74) is 6.39. The van der Waals surface area contributed by atoms with Crippen LogP contribution in [0.15, 0.2) is 77.9 Å². The van der Waals surface area contributed by atoms with E-state index in [-0.39, 0.29) is 12.0 Å². The van der Waals surface area contributed by atoms with Gasteiger partial charge in [-0.1, -0.05) is 24.3 Å². The van der Waals surface area contributed by atoms with Crippen molar-refractivity contribution in [1.82, 2.24) is 10.3 Å². The molecule has 1 N–H and O–H groups in total. The molecular formula is C29H34N4O3. The fraction of sp³-hybridized carbons (Fsp3) is 0.310. The highest BCUT2D eigenvalue weighted by atomic mass is 16.5. The van der Waals surface area contributed by atoms with Crippen LogP contribution in [0.3, 0.4) is 0 Å². The summed E-state index contributed by atoms with van der Waals surface area (Å²) < 4.78 is 11.1. The molecule has 3 aromatic carbocycles. The summed E-state index contributed by atoms with van der Waals surface area (Å²) in [5.74, 6) is 1.49. The van der Waals surface area contributed by atoms with Crippen LogP contribution in [0.4, 0.5) is 5.69 Å². The predicted molar refractivity (Wildman–Crippen MR) is 144 cm³/mol. The first-order chi connectivity index (χ1) is 17.5. The Morgan fingerprint density at radius 2 is 1.67 bits per heavy atom. The zero-order valence-electron chi connectivity index (χ0n) is 21.2. The topological polar surface area (TPSA) is 66.4 Å². The lowest BCUT2D eigenvalue weighted by molar-refractivity contribution is 0.0955. The molecule has 0 aromatic heterocycles. The number of carbonyl (C=O) groups is 1. The molecule has 7 nitrogen and oxygen atoms in total. The van der Waals surface area contributed by atoms with Crippen LogP contribution in [0, 0.1) is 0 Å². The van der Waals surface area contributed by atoms with E-state index in [9.17, 15) is 4.79 Å². The van der Waals surface area contributed by atoms with Gasteiger partial charge in [0.05, 0.1) is 25.1 Å². The molecule has 1 amide bonds. The van der Waals surface area contributed by atoms with Crippen LogP contribution in [0.1, 0.15) is 35.3 Å². The van der Waals surface area contributed by atoms with E-state index in [1.165, 1.54) is 5.56 Å². The van der Waals surface area contributed by atoms with Gasteiger partial charge in [-0.25, -0.2) is 5.43 Å². The first kappa shape index (κ1) is 25.3. The Morgan fingerprint density at radius 1 is 0.972 bits per heavy atom. The number of carbonyl (C=O) groups excluding carboxylic acids is 1. The van der Waals surface area contributed by atoms with Crippen LogP contribution < -0.4 is 19.8 Å². The van der Waals surface area contributed by atoms with Gasteiger partial charge in [0, 0.05) is 38.3 Å². The van der Waals surface area contributed by atoms with Crippen LogP contribution in [-0.2, 0) is 6.54 Å². The number of hydrogen-bond acceptors (Lipinski definition) is 6. The molecule has 36 heavy (non-hydrogen) atoms. The minimum absolute atomic E-state index is 0.129. The Kier molecular flexibility index (Phi) is 8.57. The van der Waals surface area contributed by atoms with E-state index in [0.29, 0.717) is 5.56 Å². The fourth-order valence-electron chi connectivity index (χ4n) is 4.19. The third-order valence-corrected chi connectivity index (χ3v) is 6.05. The zero-order chi connectivity index (χ0) is 25.3. The van der Waals surface area contributed by atoms with Gasteiger partial charge in [0.15, 0.2) is 0 Å². The molecule has 1 fully saturated rings. The molecule has 0 saturated carbocycles. The van der Waals surface area contributed by atoms with Gasteiger partial charge in [0.1, 0.15) is 11.5 Å². The first-order valence-corrected chi connectivity index (χ1v) is 12.3. The number of anilines is 1. The number of nitrogens with one attached hydrogen (secondary N) is 1. The summed E-state index contributed by atoms with van der Waals surface area (Å²) in [5, 5.41) is 4.08. The third-order valence-electron chi connectivity index (χ3n) is 6.05. The van der Waals surface area contributed by atoms with Crippen LogP contribution in [0.25, 0.3) is 0 Å². The maximum absolute atomic E-state index is 12.5. The van der Waals surface area contributed by atoms with E-state index in [1.54, 1.807) is 13.3 Å². The highest BCUT2D eigenvalue weighted by Gasteiger charge is 2.19. The maximum Gasteiger partial charge on any atom is 0.271 e. The van der Waals surface area contributed by atoms with Crippen LogP contribution in [-0.4, -0.2) is 56.4 Å². The summed E-state index contributed by atoms with van der Waals surface area (Å²) >= 11 is 0. The molecule has 0 spiro atoms. The molecule has 1 aliphatic heterocycles. The second-order valence-corrected chi connectivity index (χ2v) is 9.07. The van der Waals surface area contributed by atoms with Crippen molar-refractivity contribution in [1.29, 1.82) is 0 Å². The lowest BCUT2D eigenvalue weighted by atomic mass is 10.1. The van der Waals surface area contributed by atoms with Gasteiger partial charge in [0.2, 0.25) is 0 Å². The highest BCUT2D eigenvalue weighted by Crippen LogP contribution is 2.28. The van der Waals surface area contributed by atoms with Gasteiger partial charge < -0.3 is 14.4 Å². The number of rotatable bonds is 9. The summed E-state index contributed by atoms with van der Waals surface area (Å²) in [7, 11) is 1.72. The van der Waals surface area contributed by atoms with Crippen molar-refractivity contribution in [2.75, 3.05) is 38.2 Å². The van der Waals surface area contributed by atoms with Gasteiger partial charge in [-0.15, -0.1) is 0 Å². The van der Waals surface area contributed by atoms with E-state index in [0.717, 1.165) is 55.5 Å². The van der Waals surface area contributed by atoms with Crippen molar-refractivity contribution in [3.8, 4) is 11.5 Å². The Morgan fingerprint density at radius 3 is 2.33 bits per heavy atom. The molecular weight excluding hydrogens is 452 g/mol. The number of hydrogen-bond donors (Lipinski definition) is 1. The van der Waals surface area contributed by atoms with E-state index in [4.69, 9.17) is 9.47 Å². The Bertz CT molecular complexity index is 1150. The number of piperazine rings is 1. The van der Waals surface area contributed by atoms with Crippen molar-refractivity contribution in [2.24, 2.45) is 5.10 Å². The summed E-state index contributed by atoms with van der Waals surface area (Å²) in [6, 6.07) is 23.5. The maximum atomic E-state index is 12.5. The monoisotopic (exact) mass is 486 g/mol. The number of amides is 1. The molecule has 0 radical (unpaired) electrons. The summed E-state index contributed by atoms with van der Waals surface area (Å²) in [4.78, 5) is 17.3. The fourth-order valence-corrected chi connectivity index (χ4v) is 4.19. The normalized spacial score (nSPS) is 14.3. The predicted octanol–water partition coefficient (Wildman–Crippen LogP) is 4.57. The minimum atomic E-state index is -0.233. The van der Waals surface area contributed by atoms with E-state index >= 15 is 0 Å². The lowest BCUT2D eigenvalue weighted by Crippen LogP contribution is -2.46. The summed E-state index contributed by atoms with van der Waals surface area (Å²) in [6.45, 7) is 8.68. The second-order valence-electron chi connectivity index (χ2n) is 9.07. The van der Waals surface area contributed by atoms with Gasteiger partial charge >= 0.3 is 0 Å². The van der Waals surface area contributed by atoms with Crippen LogP contribution in [0.2, 0.25) is 0 Å². The number of methoxy groups -OCH3 is 1. The van der Waals surface area contributed by atoms with E-state index < -0.39 is 0 Å². The highest BCUT2D eigenvalue weighted by molar-refractivity contribution is 5.94. The number of hydrazone groups is 1. The van der Waals surface area contributed by atoms with Gasteiger partial charge in [-0.2, -0.15) is 5.10 Å². The zero-order valence-corrected chi connectivity index (χ0v) is 21.2. The second kappa shape index (κ2) is 12.2. The molecule has 7 heteroatoms. The first-order valence-electron chi connectivity index (χ1n) is 12.3. The molecule has 1 aliphatic rings. The molecule has 4 rings (SSSR count). The quantitative estimate of drug-likeness (QED) is 0.355. The molecule has 1 heterocycles. The van der Waals surface area contributed by atoms with Crippen molar-refractivity contribution in [3.05, 3.63) is 89.5 Å². The van der Waals surface area contributed by atoms with Crippen LogP contribution in [0.5, 0.6) is 11.5 Å². The molecule has 188 valence electrons. The molecule has 1 saturated heterocycles. The molecule has 0 aliphatic carbocycles. The Labute approximate surface area is 213 Å². The lowest BCUT2D eigenvalue weighted by Gasteiger charge is -2.36. The average Bonchev–Trinajstić information content (AvgIpc) is 2.90. The molecule has 3 aromatic rings. The molecule has 0 unspecified atom stereocenters. The molecule has 0 bridgehead atoms. The van der Waals surface area contributed by atoms with E-state index in [2.05, 4.69) is 26.4 Å². The average molecular weight is 487 g/mol. The van der Waals surface area contributed by atoms with Gasteiger partial charge in [-0.3, -0.25) is 9.69 Å². The third kappa shape index (κ3) is 6.86. The summed E-state index contributed by atoms with van der Waals surface area (Å²) in [6.07, 6.45) is 1.75. The van der Waals surface area contributed by atoms with Crippen LogP contribution >= 0.6 is 0 Å². The Hall–Kier alpha value is -3.84. The minimum Gasteiger partial charge on any atom is -0.495 e. The van der Waals surface area contributed by atoms with Gasteiger partial charge in [-0.05, 0) is 73.5 Å². The standard InChI is InChI=1S/C29H34N4O3/c1-22(2)36-26-14-10-23(11-15-26)20-30-31-29(34)25-12-8-24(9-13-25)21-32-16-18-33(19-17-32)27-6-4-5-7-28(27)35-3/h4-15,20,22H,16-19,21H2,1-3H3,(H,31,34)/b30-20+. The Balaban J connectivity index is 1.24. The van der Waals surface area contributed by atoms with Crippen molar-refractivity contribution in [2.45, 2.75) is 26.5 Å². The number of benzene rings is 3. The molecule has 0 atom stereocenters. The smallest absolute Gasteiger partial charge is 0.271 e. The van der Waals surface area contributed by atoms with Crippen molar-refractivity contribution >= 4 is 17.8 Å².